The number of unbranched alkanes of at least 4 members (excludes halogenated alkanes) is 1. The molecule has 0 saturated carbocycles. The summed E-state index contributed by atoms with van der Waals surface area (Å²) in [6.07, 6.45) is 1.31. The molecule has 0 bridgehead atoms. The van der Waals surface area contributed by atoms with Gasteiger partial charge in [0.2, 0.25) is 0 Å². The molecule has 0 spiro atoms. The van der Waals surface area contributed by atoms with E-state index >= 15 is 0 Å². The Morgan fingerprint density at radius 3 is 2.67 bits per heavy atom. The van der Waals surface area contributed by atoms with Crippen LogP contribution < -0.4 is 14.8 Å². The summed E-state index contributed by atoms with van der Waals surface area (Å²) in [4.78, 5) is 21.9. The van der Waals surface area contributed by atoms with Gasteiger partial charge in [-0.3, -0.25) is 9.59 Å². The lowest BCUT2D eigenvalue weighted by molar-refractivity contribution is -0.137. The van der Waals surface area contributed by atoms with Gasteiger partial charge in [0.05, 0.1) is 7.11 Å². The number of carboxylic acids is 1. The molecule has 6 nitrogen and oxygen atoms in total. The van der Waals surface area contributed by atoms with Crippen molar-refractivity contribution in [1.29, 1.82) is 0 Å². The number of hydrogen-bond acceptors (Lipinski definition) is 4. The number of aryl methyl sites for hydroxylation is 1. The van der Waals surface area contributed by atoms with E-state index in [9.17, 15) is 9.59 Å². The molecule has 116 valence electrons. The molecule has 1 aromatic rings. The minimum Gasteiger partial charge on any atom is -0.496 e. The summed E-state index contributed by atoms with van der Waals surface area (Å²) in [5.41, 5.74) is 0.934. The molecule has 1 amide bonds. The van der Waals surface area contributed by atoms with E-state index in [1.54, 1.807) is 25.3 Å². The van der Waals surface area contributed by atoms with Gasteiger partial charge in [-0.1, -0.05) is 0 Å². The molecule has 1 rings (SSSR count). The number of amides is 1. The van der Waals surface area contributed by atoms with Crippen molar-refractivity contribution in [2.24, 2.45) is 0 Å². The van der Waals surface area contributed by atoms with Crippen molar-refractivity contribution in [3.63, 3.8) is 0 Å². The summed E-state index contributed by atoms with van der Waals surface area (Å²) in [6.45, 7) is 2.29. The van der Waals surface area contributed by atoms with Crippen molar-refractivity contribution in [2.75, 3.05) is 20.3 Å². The fourth-order valence-electron chi connectivity index (χ4n) is 1.77. The third-order valence-electron chi connectivity index (χ3n) is 2.88. The first-order valence-electron chi connectivity index (χ1n) is 6.79. The van der Waals surface area contributed by atoms with Gasteiger partial charge in [0, 0.05) is 13.0 Å². The van der Waals surface area contributed by atoms with Gasteiger partial charge >= 0.3 is 5.97 Å². The molecule has 0 aliphatic heterocycles. The quantitative estimate of drug-likeness (QED) is 0.678. The van der Waals surface area contributed by atoms with Crippen molar-refractivity contribution in [3.8, 4) is 11.5 Å². The minimum atomic E-state index is -0.820. The maximum atomic E-state index is 11.5. The highest BCUT2D eigenvalue weighted by molar-refractivity contribution is 5.77. The largest absolute Gasteiger partial charge is 0.496 e. The SMILES string of the molecule is COc1ccc(OCC(=O)NCCCCC(=O)O)cc1C. The Bertz CT molecular complexity index is 487. The topological polar surface area (TPSA) is 84.9 Å². The van der Waals surface area contributed by atoms with Crippen LogP contribution in [0, 0.1) is 6.92 Å². The van der Waals surface area contributed by atoms with Gasteiger partial charge in [-0.05, 0) is 43.5 Å². The molecule has 6 heteroatoms. The van der Waals surface area contributed by atoms with E-state index in [1.165, 1.54) is 0 Å². The molecule has 0 radical (unpaired) electrons. The fraction of sp³-hybridized carbons (Fsp3) is 0.467. The van der Waals surface area contributed by atoms with Crippen molar-refractivity contribution in [2.45, 2.75) is 26.2 Å². The summed E-state index contributed by atoms with van der Waals surface area (Å²) in [7, 11) is 1.60. The standard InChI is InChI=1S/C15H21NO5/c1-11-9-12(6-7-13(11)20-2)21-10-14(17)16-8-4-3-5-15(18)19/h6-7,9H,3-5,8,10H2,1-2H3,(H,16,17)(H,18,19). The van der Waals surface area contributed by atoms with Crippen LogP contribution in [0.25, 0.3) is 0 Å². The number of carbonyl (C=O) groups is 2. The number of carboxylic acid groups (broad SMARTS) is 1. The average molecular weight is 295 g/mol. The number of hydrogen-bond donors (Lipinski definition) is 2. The van der Waals surface area contributed by atoms with Crippen LogP contribution in [0.4, 0.5) is 0 Å². The zero-order chi connectivity index (χ0) is 15.7. The fourth-order valence-corrected chi connectivity index (χ4v) is 1.77. The number of carbonyl (C=O) groups excluding carboxylic acids is 1. The lowest BCUT2D eigenvalue weighted by Gasteiger charge is -2.09. The van der Waals surface area contributed by atoms with E-state index in [-0.39, 0.29) is 18.9 Å². The number of nitrogens with one attached hydrogen (secondary N) is 1. The zero-order valence-corrected chi connectivity index (χ0v) is 12.3. The maximum Gasteiger partial charge on any atom is 0.303 e. The molecule has 21 heavy (non-hydrogen) atoms. The van der Waals surface area contributed by atoms with Gasteiger partial charge in [-0.25, -0.2) is 0 Å². The first kappa shape index (κ1) is 16.8. The molecule has 0 aliphatic carbocycles. The normalized spacial score (nSPS) is 10.0. The average Bonchev–Trinajstić information content (AvgIpc) is 2.44. The van der Waals surface area contributed by atoms with Crippen LogP contribution in [0.3, 0.4) is 0 Å². The molecule has 0 unspecified atom stereocenters. The maximum absolute atomic E-state index is 11.5. The highest BCUT2D eigenvalue weighted by Gasteiger charge is 2.05. The monoisotopic (exact) mass is 295 g/mol. The van der Waals surface area contributed by atoms with Crippen LogP contribution >= 0.6 is 0 Å². The summed E-state index contributed by atoms with van der Waals surface area (Å²) >= 11 is 0. The van der Waals surface area contributed by atoms with Crippen LogP contribution in [0.1, 0.15) is 24.8 Å². The molecule has 0 aliphatic rings. The smallest absolute Gasteiger partial charge is 0.303 e. The Hall–Kier alpha value is -2.24. The van der Waals surface area contributed by atoms with Crippen molar-refractivity contribution < 1.29 is 24.2 Å². The first-order chi connectivity index (χ1) is 10.0. The molecule has 0 atom stereocenters. The summed E-state index contributed by atoms with van der Waals surface area (Å²) in [6, 6.07) is 5.33. The van der Waals surface area contributed by atoms with Crippen LogP contribution in [0.5, 0.6) is 11.5 Å². The first-order valence-corrected chi connectivity index (χ1v) is 6.79. The summed E-state index contributed by atoms with van der Waals surface area (Å²) < 4.78 is 10.5. The number of benzene rings is 1. The van der Waals surface area contributed by atoms with E-state index in [1.807, 2.05) is 6.92 Å². The van der Waals surface area contributed by atoms with Gasteiger partial charge in [-0.15, -0.1) is 0 Å². The lowest BCUT2D eigenvalue weighted by Crippen LogP contribution is -2.29. The molecule has 0 aromatic heterocycles. The van der Waals surface area contributed by atoms with Crippen molar-refractivity contribution >= 4 is 11.9 Å². The second-order valence-corrected chi connectivity index (χ2v) is 4.62. The molecule has 1 aromatic carbocycles. The van der Waals surface area contributed by atoms with Crippen LogP contribution in [-0.2, 0) is 9.59 Å². The number of ether oxygens (including phenoxy) is 2. The van der Waals surface area contributed by atoms with Gasteiger partial charge in [0.15, 0.2) is 6.61 Å². The predicted octanol–water partition coefficient (Wildman–Crippen LogP) is 1.75. The third-order valence-corrected chi connectivity index (χ3v) is 2.88. The third kappa shape index (κ3) is 6.65. The Morgan fingerprint density at radius 1 is 1.29 bits per heavy atom. The minimum absolute atomic E-state index is 0.0648. The Balaban J connectivity index is 2.23. The number of rotatable bonds is 9. The van der Waals surface area contributed by atoms with Gasteiger partial charge in [0.25, 0.3) is 5.91 Å². The van der Waals surface area contributed by atoms with E-state index < -0.39 is 5.97 Å². The van der Waals surface area contributed by atoms with E-state index in [0.29, 0.717) is 25.1 Å². The van der Waals surface area contributed by atoms with Crippen LogP contribution in [-0.4, -0.2) is 37.2 Å². The van der Waals surface area contributed by atoms with Gasteiger partial charge < -0.3 is 19.9 Å². The lowest BCUT2D eigenvalue weighted by atomic mass is 10.2. The molecule has 0 fully saturated rings. The van der Waals surface area contributed by atoms with E-state index in [4.69, 9.17) is 14.6 Å². The van der Waals surface area contributed by atoms with Crippen LogP contribution in [0.2, 0.25) is 0 Å². The Kier molecular flexibility index (Phi) is 7.08. The van der Waals surface area contributed by atoms with Crippen LogP contribution in [0.15, 0.2) is 18.2 Å². The Labute approximate surface area is 124 Å². The van der Waals surface area contributed by atoms with Gasteiger partial charge in [-0.2, -0.15) is 0 Å². The number of methoxy groups -OCH3 is 1. The van der Waals surface area contributed by atoms with E-state index in [0.717, 1.165) is 11.3 Å². The molecular weight excluding hydrogens is 274 g/mol. The second kappa shape index (κ2) is 8.84. The highest BCUT2D eigenvalue weighted by atomic mass is 16.5. The summed E-state index contributed by atoms with van der Waals surface area (Å²) in [5, 5.41) is 11.2. The van der Waals surface area contributed by atoms with Crippen molar-refractivity contribution in [3.05, 3.63) is 23.8 Å². The van der Waals surface area contributed by atoms with E-state index in [2.05, 4.69) is 5.32 Å². The molecule has 0 heterocycles. The highest BCUT2D eigenvalue weighted by Crippen LogP contribution is 2.22. The molecule has 2 N–H and O–H groups in total. The zero-order valence-electron chi connectivity index (χ0n) is 12.3. The summed E-state index contributed by atoms with van der Waals surface area (Å²) in [5.74, 6) is 0.331. The molecule has 0 saturated heterocycles. The number of aliphatic carboxylic acids is 1. The van der Waals surface area contributed by atoms with Crippen molar-refractivity contribution in [1.82, 2.24) is 5.32 Å². The predicted molar refractivity (Wildman–Crippen MR) is 77.7 cm³/mol. The Morgan fingerprint density at radius 2 is 2.05 bits per heavy atom. The second-order valence-electron chi connectivity index (χ2n) is 4.62. The molecular formula is C15H21NO5. The van der Waals surface area contributed by atoms with Gasteiger partial charge in [0.1, 0.15) is 11.5 Å².